The second-order valence-corrected chi connectivity index (χ2v) is 9.38. The second kappa shape index (κ2) is 7.64. The van der Waals surface area contributed by atoms with Crippen molar-refractivity contribution < 1.29 is 19.4 Å². The highest BCUT2D eigenvalue weighted by atomic mass is 32.1. The largest absolute Gasteiger partial charge is 0.507 e. The minimum absolute atomic E-state index is 0.0725. The summed E-state index contributed by atoms with van der Waals surface area (Å²) in [4.78, 5) is 28.8. The average molecular weight is 446 g/mol. The molecule has 3 heterocycles. The molecule has 1 aromatic heterocycles. The number of hydrogen-bond acceptors (Lipinski definition) is 5. The zero-order valence-electron chi connectivity index (χ0n) is 18.1. The molecule has 2 atom stereocenters. The van der Waals surface area contributed by atoms with Gasteiger partial charge in [0.05, 0.1) is 5.57 Å². The fourth-order valence-electron chi connectivity index (χ4n) is 4.44. The molecule has 0 radical (unpaired) electrons. The molecular formula is C26H23NO4S. The van der Waals surface area contributed by atoms with Gasteiger partial charge in [0.15, 0.2) is 0 Å². The lowest BCUT2D eigenvalue weighted by molar-refractivity contribution is -0.132. The lowest BCUT2D eigenvalue weighted by Crippen LogP contribution is -2.29. The molecule has 162 valence electrons. The molecule has 5 rings (SSSR count). The first-order chi connectivity index (χ1) is 15.3. The monoisotopic (exact) mass is 445 g/mol. The van der Waals surface area contributed by atoms with Crippen LogP contribution in [0.1, 0.15) is 40.1 Å². The molecule has 2 unspecified atom stereocenters. The van der Waals surface area contributed by atoms with E-state index in [0.29, 0.717) is 11.3 Å². The van der Waals surface area contributed by atoms with E-state index in [1.807, 2.05) is 68.6 Å². The van der Waals surface area contributed by atoms with E-state index in [9.17, 15) is 14.7 Å². The highest BCUT2D eigenvalue weighted by molar-refractivity contribution is 7.10. The van der Waals surface area contributed by atoms with E-state index in [1.165, 1.54) is 16.2 Å². The summed E-state index contributed by atoms with van der Waals surface area (Å²) in [5, 5.41) is 13.3. The lowest BCUT2D eigenvalue weighted by Gasteiger charge is -2.25. The summed E-state index contributed by atoms with van der Waals surface area (Å²) in [5.74, 6) is -0.671. The molecule has 3 aromatic rings. The van der Waals surface area contributed by atoms with Gasteiger partial charge in [0.2, 0.25) is 0 Å². The maximum atomic E-state index is 13.2. The number of nitrogens with zero attached hydrogens (tertiary/aromatic N) is 1. The number of hydrogen-bond donors (Lipinski definition) is 1. The topological polar surface area (TPSA) is 66.8 Å². The van der Waals surface area contributed by atoms with Crippen molar-refractivity contribution in [1.82, 2.24) is 0 Å². The Bertz CT molecular complexity index is 1270. The number of fused-ring (bicyclic) bond motifs is 1. The van der Waals surface area contributed by atoms with Gasteiger partial charge in [-0.25, -0.2) is 0 Å². The van der Waals surface area contributed by atoms with Gasteiger partial charge >= 0.3 is 0 Å². The van der Waals surface area contributed by atoms with Gasteiger partial charge in [0.25, 0.3) is 11.7 Å². The van der Waals surface area contributed by atoms with Crippen LogP contribution in [0, 0.1) is 13.8 Å². The van der Waals surface area contributed by atoms with Gasteiger partial charge in [0.1, 0.15) is 23.7 Å². The fourth-order valence-corrected chi connectivity index (χ4v) is 5.47. The summed E-state index contributed by atoms with van der Waals surface area (Å²) in [5.41, 5.74) is 4.28. The second-order valence-electron chi connectivity index (χ2n) is 8.43. The van der Waals surface area contributed by atoms with E-state index >= 15 is 0 Å². The number of aliphatic hydroxyl groups is 1. The van der Waals surface area contributed by atoms with E-state index in [1.54, 1.807) is 6.07 Å². The SMILES string of the molecule is Cc1ccc(N2C(=O)C(=O)/C(=C(\O)c3ccc4c(c3)CC(C)O4)C2c2sccc2C)cc1. The molecule has 0 bridgehead atoms. The third kappa shape index (κ3) is 3.22. The zero-order chi connectivity index (χ0) is 22.6. The molecule has 0 spiro atoms. The predicted molar refractivity (Wildman–Crippen MR) is 125 cm³/mol. The van der Waals surface area contributed by atoms with Crippen LogP contribution in [0.3, 0.4) is 0 Å². The molecule has 2 aliphatic rings. The molecule has 1 fully saturated rings. The Morgan fingerprint density at radius 1 is 1.09 bits per heavy atom. The van der Waals surface area contributed by atoms with Gasteiger partial charge in [-0.2, -0.15) is 0 Å². The molecular weight excluding hydrogens is 422 g/mol. The number of Topliss-reactive ketones (excluding diaryl/α,β-unsaturated/α-hetero) is 1. The number of benzene rings is 2. The Hall–Kier alpha value is -3.38. The van der Waals surface area contributed by atoms with Crippen molar-refractivity contribution in [3.05, 3.63) is 86.6 Å². The number of amides is 1. The van der Waals surface area contributed by atoms with E-state index < -0.39 is 17.7 Å². The van der Waals surface area contributed by atoms with Crippen LogP contribution in [-0.4, -0.2) is 22.9 Å². The maximum absolute atomic E-state index is 13.2. The Morgan fingerprint density at radius 2 is 1.84 bits per heavy atom. The quantitative estimate of drug-likeness (QED) is 0.337. The van der Waals surface area contributed by atoms with Crippen LogP contribution < -0.4 is 9.64 Å². The van der Waals surface area contributed by atoms with Crippen molar-refractivity contribution in [2.75, 3.05) is 4.90 Å². The summed E-state index contributed by atoms with van der Waals surface area (Å²) >= 11 is 1.48. The molecule has 32 heavy (non-hydrogen) atoms. The highest BCUT2D eigenvalue weighted by Gasteiger charge is 2.48. The summed E-state index contributed by atoms with van der Waals surface area (Å²) in [6, 6.07) is 14.2. The van der Waals surface area contributed by atoms with E-state index in [4.69, 9.17) is 4.74 Å². The summed E-state index contributed by atoms with van der Waals surface area (Å²) in [7, 11) is 0. The Morgan fingerprint density at radius 3 is 2.53 bits per heavy atom. The summed E-state index contributed by atoms with van der Waals surface area (Å²) in [6.07, 6.45) is 0.810. The lowest BCUT2D eigenvalue weighted by atomic mass is 9.97. The minimum Gasteiger partial charge on any atom is -0.507 e. The van der Waals surface area contributed by atoms with Crippen LogP contribution in [0.2, 0.25) is 0 Å². The van der Waals surface area contributed by atoms with Crippen molar-refractivity contribution in [3.63, 3.8) is 0 Å². The third-order valence-electron chi connectivity index (χ3n) is 6.08. The number of thiophene rings is 1. The van der Waals surface area contributed by atoms with Gasteiger partial charge in [-0.3, -0.25) is 14.5 Å². The number of carbonyl (C=O) groups excluding carboxylic acids is 2. The van der Waals surface area contributed by atoms with E-state index in [0.717, 1.165) is 33.7 Å². The number of carbonyl (C=O) groups is 2. The number of aryl methyl sites for hydroxylation is 2. The number of ketones is 1. The standard InChI is InChI=1S/C26H23NO4S/c1-14-4-7-19(8-5-14)27-22(25-15(2)10-11-32-25)21(24(29)26(27)30)23(28)17-6-9-20-18(13-17)12-16(3)31-20/h4-11,13,16,22,28H,12H2,1-3H3/b23-21-. The van der Waals surface area contributed by atoms with Crippen molar-refractivity contribution in [1.29, 1.82) is 0 Å². The Kier molecular flexibility index (Phi) is 4.90. The minimum atomic E-state index is -0.680. The van der Waals surface area contributed by atoms with Crippen LogP contribution in [-0.2, 0) is 16.0 Å². The van der Waals surface area contributed by atoms with Crippen molar-refractivity contribution in [2.45, 2.75) is 39.3 Å². The van der Waals surface area contributed by atoms with Crippen LogP contribution >= 0.6 is 11.3 Å². The maximum Gasteiger partial charge on any atom is 0.300 e. The average Bonchev–Trinajstić information content (AvgIpc) is 3.43. The Balaban J connectivity index is 1.69. The van der Waals surface area contributed by atoms with Gasteiger partial charge in [-0.05, 0) is 73.7 Å². The van der Waals surface area contributed by atoms with Crippen LogP contribution in [0.4, 0.5) is 5.69 Å². The molecule has 0 saturated carbocycles. The van der Waals surface area contributed by atoms with E-state index in [2.05, 4.69) is 0 Å². The number of aliphatic hydroxyl groups excluding tert-OH is 1. The first-order valence-electron chi connectivity index (χ1n) is 10.6. The first kappa shape index (κ1) is 20.5. The van der Waals surface area contributed by atoms with Crippen molar-refractivity contribution in [2.24, 2.45) is 0 Å². The first-order valence-corrected chi connectivity index (χ1v) is 11.4. The molecule has 2 aromatic carbocycles. The van der Waals surface area contributed by atoms with E-state index in [-0.39, 0.29) is 17.4 Å². The van der Waals surface area contributed by atoms with Crippen LogP contribution in [0.15, 0.2) is 59.5 Å². The molecule has 1 amide bonds. The smallest absolute Gasteiger partial charge is 0.300 e. The fraction of sp³-hybridized carbons (Fsp3) is 0.231. The van der Waals surface area contributed by atoms with Crippen LogP contribution in [0.5, 0.6) is 5.75 Å². The van der Waals surface area contributed by atoms with Crippen molar-refractivity contribution in [3.8, 4) is 5.75 Å². The zero-order valence-corrected chi connectivity index (χ0v) is 18.9. The normalized spacial score (nSPS) is 21.7. The number of anilines is 1. The summed E-state index contributed by atoms with van der Waals surface area (Å²) in [6.45, 7) is 5.92. The Labute approximate surface area is 190 Å². The summed E-state index contributed by atoms with van der Waals surface area (Å²) < 4.78 is 5.76. The number of rotatable bonds is 3. The third-order valence-corrected chi connectivity index (χ3v) is 7.15. The van der Waals surface area contributed by atoms with Gasteiger partial charge in [0, 0.05) is 22.5 Å². The van der Waals surface area contributed by atoms with Gasteiger partial charge < -0.3 is 9.84 Å². The molecule has 1 N–H and O–H groups in total. The molecule has 1 saturated heterocycles. The molecule has 0 aliphatic carbocycles. The van der Waals surface area contributed by atoms with Crippen LogP contribution in [0.25, 0.3) is 5.76 Å². The number of ether oxygens (including phenoxy) is 1. The predicted octanol–water partition coefficient (Wildman–Crippen LogP) is 5.31. The molecule has 2 aliphatic heterocycles. The van der Waals surface area contributed by atoms with Gasteiger partial charge in [-0.1, -0.05) is 17.7 Å². The highest BCUT2D eigenvalue weighted by Crippen LogP contribution is 2.45. The molecule has 5 nitrogen and oxygen atoms in total. The van der Waals surface area contributed by atoms with Gasteiger partial charge in [-0.15, -0.1) is 11.3 Å². The molecule has 6 heteroatoms. The van der Waals surface area contributed by atoms with Crippen molar-refractivity contribution >= 4 is 34.5 Å².